The molecule has 0 aliphatic heterocycles. The number of nitrogens with zero attached hydrogens (tertiary/aromatic N) is 3. The zero-order valence-electron chi connectivity index (χ0n) is 12.1. The highest BCUT2D eigenvalue weighted by molar-refractivity contribution is 5.72. The second kappa shape index (κ2) is 8.31. The van der Waals surface area contributed by atoms with Crippen molar-refractivity contribution in [2.24, 2.45) is 0 Å². The van der Waals surface area contributed by atoms with Gasteiger partial charge in [0.25, 0.3) is 0 Å². The van der Waals surface area contributed by atoms with Gasteiger partial charge in [-0.1, -0.05) is 6.92 Å². The minimum atomic E-state index is -0.942. The van der Waals surface area contributed by atoms with Crippen LogP contribution in [0.5, 0.6) is 5.88 Å². The predicted molar refractivity (Wildman–Crippen MR) is 74.3 cm³/mol. The van der Waals surface area contributed by atoms with E-state index in [4.69, 9.17) is 14.6 Å². The van der Waals surface area contributed by atoms with Crippen LogP contribution in [0.4, 0.5) is 5.95 Å². The smallest absolute Gasteiger partial charge is 0.323 e. The molecule has 0 spiro atoms. The molecule has 112 valence electrons. The molecule has 1 aromatic rings. The molecular weight excluding hydrogens is 262 g/mol. The van der Waals surface area contributed by atoms with Gasteiger partial charge in [0.1, 0.15) is 6.54 Å². The number of carboxylic acids is 1. The lowest BCUT2D eigenvalue weighted by atomic mass is 10.4. The molecule has 0 unspecified atom stereocenters. The van der Waals surface area contributed by atoms with Crippen molar-refractivity contribution in [3.63, 3.8) is 0 Å². The summed E-state index contributed by atoms with van der Waals surface area (Å²) in [7, 11) is 1.56. The first-order valence-corrected chi connectivity index (χ1v) is 6.51. The van der Waals surface area contributed by atoms with Crippen molar-refractivity contribution in [2.45, 2.75) is 20.3 Å². The Morgan fingerprint density at radius 3 is 2.75 bits per heavy atom. The summed E-state index contributed by atoms with van der Waals surface area (Å²) in [5, 5.41) is 8.96. The molecule has 1 aromatic heterocycles. The molecule has 0 fully saturated rings. The average molecular weight is 283 g/mol. The fourth-order valence-electron chi connectivity index (χ4n) is 1.56. The minimum Gasteiger partial charge on any atom is -0.480 e. The summed E-state index contributed by atoms with van der Waals surface area (Å²) in [6.07, 6.45) is 0.876. The van der Waals surface area contributed by atoms with Crippen molar-refractivity contribution in [2.75, 3.05) is 38.3 Å². The topological polar surface area (TPSA) is 84.8 Å². The lowest BCUT2D eigenvalue weighted by Gasteiger charge is -2.21. The fraction of sp³-hybridized carbons (Fsp3) is 0.615. The molecule has 1 heterocycles. The van der Waals surface area contributed by atoms with Crippen LogP contribution in [0.3, 0.4) is 0 Å². The van der Waals surface area contributed by atoms with Crippen molar-refractivity contribution in [1.82, 2.24) is 9.97 Å². The third-order valence-corrected chi connectivity index (χ3v) is 2.45. The van der Waals surface area contributed by atoms with Gasteiger partial charge in [-0.05, 0) is 13.3 Å². The van der Waals surface area contributed by atoms with E-state index in [0.717, 1.165) is 12.1 Å². The molecule has 0 radical (unpaired) electrons. The van der Waals surface area contributed by atoms with Crippen molar-refractivity contribution >= 4 is 11.9 Å². The summed E-state index contributed by atoms with van der Waals surface area (Å²) in [5.74, 6) is -0.139. The summed E-state index contributed by atoms with van der Waals surface area (Å²) in [6, 6.07) is 1.73. The summed E-state index contributed by atoms with van der Waals surface area (Å²) < 4.78 is 10.5. The average Bonchev–Trinajstić information content (AvgIpc) is 2.40. The number of carboxylic acid groups (broad SMARTS) is 1. The Morgan fingerprint density at radius 1 is 1.40 bits per heavy atom. The molecule has 7 heteroatoms. The van der Waals surface area contributed by atoms with Gasteiger partial charge in [-0.2, -0.15) is 4.98 Å². The van der Waals surface area contributed by atoms with Gasteiger partial charge in [0.15, 0.2) is 0 Å². The summed E-state index contributed by atoms with van der Waals surface area (Å²) in [4.78, 5) is 21.0. The number of aromatic nitrogens is 2. The van der Waals surface area contributed by atoms with Crippen molar-refractivity contribution in [1.29, 1.82) is 0 Å². The summed E-state index contributed by atoms with van der Waals surface area (Å²) in [6.45, 7) is 5.01. The van der Waals surface area contributed by atoms with Crippen molar-refractivity contribution in [3.05, 3.63) is 11.8 Å². The molecule has 0 saturated heterocycles. The number of carbonyl (C=O) groups is 1. The van der Waals surface area contributed by atoms with Crippen LogP contribution >= 0.6 is 0 Å². The number of aryl methyl sites for hydroxylation is 1. The Hall–Kier alpha value is -1.89. The zero-order valence-corrected chi connectivity index (χ0v) is 12.1. The van der Waals surface area contributed by atoms with Crippen molar-refractivity contribution in [3.8, 4) is 5.88 Å². The Bertz CT molecular complexity index is 440. The second-order valence-corrected chi connectivity index (χ2v) is 4.30. The van der Waals surface area contributed by atoms with Gasteiger partial charge in [-0.15, -0.1) is 0 Å². The zero-order chi connectivity index (χ0) is 15.0. The molecule has 0 aromatic carbocycles. The Morgan fingerprint density at radius 2 is 2.15 bits per heavy atom. The van der Waals surface area contributed by atoms with Crippen LogP contribution in [0, 0.1) is 6.92 Å². The van der Waals surface area contributed by atoms with Gasteiger partial charge in [-0.3, -0.25) is 4.79 Å². The Kier molecular flexibility index (Phi) is 6.72. The maximum absolute atomic E-state index is 10.9. The molecule has 0 bridgehead atoms. The quantitative estimate of drug-likeness (QED) is 0.726. The first-order chi connectivity index (χ1) is 9.56. The second-order valence-electron chi connectivity index (χ2n) is 4.30. The van der Waals surface area contributed by atoms with Crippen LogP contribution in [0.15, 0.2) is 6.07 Å². The van der Waals surface area contributed by atoms with E-state index in [-0.39, 0.29) is 6.54 Å². The first-order valence-electron chi connectivity index (χ1n) is 6.51. The maximum atomic E-state index is 10.9. The van der Waals surface area contributed by atoms with Crippen LogP contribution in [-0.4, -0.2) is 54.5 Å². The molecule has 1 N–H and O–H groups in total. The molecule has 0 amide bonds. The third-order valence-electron chi connectivity index (χ3n) is 2.45. The minimum absolute atomic E-state index is 0.181. The number of rotatable bonds is 9. The first kappa shape index (κ1) is 16.2. The number of anilines is 1. The van der Waals surface area contributed by atoms with Gasteiger partial charge in [0.2, 0.25) is 11.8 Å². The summed E-state index contributed by atoms with van der Waals surface area (Å²) in [5.41, 5.74) is 0.730. The van der Waals surface area contributed by atoms with Gasteiger partial charge < -0.3 is 19.5 Å². The molecule has 0 atom stereocenters. The number of methoxy groups -OCH3 is 1. The van der Waals surface area contributed by atoms with E-state index < -0.39 is 5.97 Å². The SMILES string of the molecule is CCCOc1cc(C)nc(N(CCOC)CC(=O)O)n1. The standard InChI is InChI=1S/C13H21N3O4/c1-4-6-20-11-8-10(2)14-13(15-11)16(5-7-19-3)9-12(17)18/h8H,4-7,9H2,1-3H3,(H,17,18). The van der Waals surface area contributed by atoms with Crippen LogP contribution in [0.25, 0.3) is 0 Å². The van der Waals surface area contributed by atoms with E-state index in [9.17, 15) is 4.79 Å². The molecule has 1 rings (SSSR count). The van der Waals surface area contributed by atoms with Crippen LogP contribution in [0.2, 0.25) is 0 Å². The maximum Gasteiger partial charge on any atom is 0.323 e. The lowest BCUT2D eigenvalue weighted by molar-refractivity contribution is -0.135. The highest BCUT2D eigenvalue weighted by Gasteiger charge is 2.15. The Balaban J connectivity index is 2.92. The van der Waals surface area contributed by atoms with E-state index in [1.165, 1.54) is 0 Å². The molecule has 20 heavy (non-hydrogen) atoms. The Labute approximate surface area is 118 Å². The number of aliphatic carboxylic acids is 1. The molecule has 0 aliphatic rings. The fourth-order valence-corrected chi connectivity index (χ4v) is 1.56. The number of hydrogen-bond acceptors (Lipinski definition) is 6. The third kappa shape index (κ3) is 5.40. The largest absolute Gasteiger partial charge is 0.480 e. The lowest BCUT2D eigenvalue weighted by Crippen LogP contribution is -2.34. The number of hydrogen-bond donors (Lipinski definition) is 1. The monoisotopic (exact) mass is 283 g/mol. The number of ether oxygens (including phenoxy) is 2. The molecule has 0 aliphatic carbocycles. The van der Waals surface area contributed by atoms with E-state index in [1.54, 1.807) is 18.1 Å². The van der Waals surface area contributed by atoms with Crippen LogP contribution in [-0.2, 0) is 9.53 Å². The summed E-state index contributed by atoms with van der Waals surface area (Å²) >= 11 is 0. The van der Waals surface area contributed by atoms with E-state index in [1.807, 2.05) is 13.8 Å². The van der Waals surface area contributed by atoms with Gasteiger partial charge in [0.05, 0.1) is 13.2 Å². The highest BCUT2D eigenvalue weighted by Crippen LogP contribution is 2.15. The van der Waals surface area contributed by atoms with Crippen molar-refractivity contribution < 1.29 is 19.4 Å². The predicted octanol–water partition coefficient (Wildman–Crippen LogP) is 1.11. The van der Waals surface area contributed by atoms with Gasteiger partial charge in [0, 0.05) is 25.4 Å². The van der Waals surface area contributed by atoms with Gasteiger partial charge in [-0.25, -0.2) is 4.98 Å². The van der Waals surface area contributed by atoms with E-state index in [0.29, 0.717) is 31.6 Å². The molecule has 7 nitrogen and oxygen atoms in total. The van der Waals surface area contributed by atoms with Crippen LogP contribution < -0.4 is 9.64 Å². The van der Waals surface area contributed by atoms with E-state index in [2.05, 4.69) is 9.97 Å². The molecular formula is C13H21N3O4. The van der Waals surface area contributed by atoms with Crippen LogP contribution in [0.1, 0.15) is 19.0 Å². The highest BCUT2D eigenvalue weighted by atomic mass is 16.5. The van der Waals surface area contributed by atoms with E-state index >= 15 is 0 Å². The molecule has 0 saturated carbocycles. The van der Waals surface area contributed by atoms with Gasteiger partial charge >= 0.3 is 5.97 Å². The normalized spacial score (nSPS) is 10.3.